The van der Waals surface area contributed by atoms with Crippen molar-refractivity contribution in [2.24, 2.45) is 5.41 Å². The molecular formula is C22H34O3S. The summed E-state index contributed by atoms with van der Waals surface area (Å²) in [5.41, 5.74) is 3.23. The number of ether oxygens (including phenoxy) is 2. The summed E-state index contributed by atoms with van der Waals surface area (Å²) in [4.78, 5) is 15.2. The Bertz CT molecular complexity index is 689. The monoisotopic (exact) mass is 378 g/mol. The highest BCUT2D eigenvalue weighted by Crippen LogP contribution is 2.49. The topological polar surface area (TPSA) is 35.5 Å². The van der Waals surface area contributed by atoms with E-state index in [4.69, 9.17) is 9.47 Å². The molecule has 1 aromatic rings. The van der Waals surface area contributed by atoms with Crippen molar-refractivity contribution in [2.45, 2.75) is 86.4 Å². The molecule has 26 heavy (non-hydrogen) atoms. The van der Waals surface area contributed by atoms with Crippen LogP contribution in [0.4, 0.5) is 0 Å². The average molecular weight is 379 g/mol. The molecule has 0 aromatic carbocycles. The largest absolute Gasteiger partial charge is 0.464 e. The van der Waals surface area contributed by atoms with Gasteiger partial charge in [-0.05, 0) is 77.4 Å². The first kappa shape index (κ1) is 21.2. The molecule has 0 saturated carbocycles. The van der Waals surface area contributed by atoms with Crippen LogP contribution in [0.2, 0.25) is 0 Å². The number of rotatable bonds is 5. The lowest BCUT2D eigenvalue weighted by Gasteiger charge is -2.34. The first-order valence-corrected chi connectivity index (χ1v) is 10.4. The van der Waals surface area contributed by atoms with Crippen LogP contribution in [-0.2, 0) is 14.3 Å². The Morgan fingerprint density at radius 3 is 2.46 bits per heavy atom. The summed E-state index contributed by atoms with van der Waals surface area (Å²) in [6, 6.07) is 0. The second-order valence-corrected chi connectivity index (χ2v) is 10.2. The lowest BCUT2D eigenvalue weighted by Crippen LogP contribution is -2.30. The third kappa shape index (κ3) is 4.58. The summed E-state index contributed by atoms with van der Waals surface area (Å²) in [6.07, 6.45) is 5.15. The fraction of sp³-hybridized carbons (Fsp3) is 0.682. The molecule has 1 aliphatic rings. The minimum absolute atomic E-state index is 0.103. The molecule has 0 saturated heterocycles. The zero-order valence-corrected chi connectivity index (χ0v) is 18.4. The van der Waals surface area contributed by atoms with Crippen LogP contribution < -0.4 is 0 Å². The molecule has 0 amide bonds. The highest BCUT2D eigenvalue weighted by molar-refractivity contribution is 7.12. The van der Waals surface area contributed by atoms with E-state index in [1.165, 1.54) is 22.4 Å². The van der Waals surface area contributed by atoms with Gasteiger partial charge in [0.2, 0.25) is 0 Å². The molecule has 0 aliphatic heterocycles. The van der Waals surface area contributed by atoms with Crippen molar-refractivity contribution in [1.29, 1.82) is 0 Å². The summed E-state index contributed by atoms with van der Waals surface area (Å²) in [6.45, 7) is 17.0. The van der Waals surface area contributed by atoms with Crippen LogP contribution in [0, 0.1) is 19.3 Å². The number of carbonyl (C=O) groups excluding carboxylic acids is 1. The van der Waals surface area contributed by atoms with Gasteiger partial charge < -0.3 is 9.47 Å². The van der Waals surface area contributed by atoms with Crippen LogP contribution in [0.25, 0.3) is 5.57 Å². The summed E-state index contributed by atoms with van der Waals surface area (Å²) < 4.78 is 11.6. The summed E-state index contributed by atoms with van der Waals surface area (Å²) in [7, 11) is 0. The van der Waals surface area contributed by atoms with Gasteiger partial charge in [0, 0.05) is 15.3 Å². The van der Waals surface area contributed by atoms with Crippen LogP contribution in [0.15, 0.2) is 6.08 Å². The van der Waals surface area contributed by atoms with Crippen LogP contribution in [0.3, 0.4) is 0 Å². The van der Waals surface area contributed by atoms with E-state index in [1.54, 1.807) is 11.3 Å². The predicted octanol–water partition coefficient (Wildman–Crippen LogP) is 6.38. The fourth-order valence-electron chi connectivity index (χ4n) is 3.79. The summed E-state index contributed by atoms with van der Waals surface area (Å²) in [5.74, 6) is -0.293. The Hall–Kier alpha value is -1.13. The lowest BCUT2D eigenvalue weighted by atomic mass is 9.72. The Morgan fingerprint density at radius 1 is 1.27 bits per heavy atom. The molecular weight excluding hydrogens is 344 g/mol. The van der Waals surface area contributed by atoms with E-state index < -0.39 is 11.7 Å². The Labute approximate surface area is 162 Å². The molecule has 1 aromatic heterocycles. The summed E-state index contributed by atoms with van der Waals surface area (Å²) in [5, 5.41) is 0. The van der Waals surface area contributed by atoms with Gasteiger partial charge in [0.15, 0.2) is 6.10 Å². The molecule has 0 fully saturated rings. The maximum absolute atomic E-state index is 12.8. The molecule has 1 aliphatic carbocycles. The Balaban J connectivity index is 2.63. The second kappa shape index (κ2) is 7.85. The number of hydrogen-bond acceptors (Lipinski definition) is 4. The average Bonchev–Trinajstić information content (AvgIpc) is 2.78. The van der Waals surface area contributed by atoms with E-state index in [0.717, 1.165) is 23.3 Å². The molecule has 3 nitrogen and oxygen atoms in total. The molecule has 2 rings (SSSR count). The van der Waals surface area contributed by atoms with Gasteiger partial charge >= 0.3 is 5.97 Å². The van der Waals surface area contributed by atoms with Crippen molar-refractivity contribution in [3.63, 3.8) is 0 Å². The number of hydrogen-bond donors (Lipinski definition) is 0. The molecule has 1 atom stereocenters. The molecule has 1 heterocycles. The van der Waals surface area contributed by atoms with Gasteiger partial charge in [0.05, 0.1) is 12.2 Å². The molecule has 146 valence electrons. The van der Waals surface area contributed by atoms with E-state index in [0.29, 0.717) is 6.61 Å². The zero-order chi connectivity index (χ0) is 19.7. The van der Waals surface area contributed by atoms with Crippen molar-refractivity contribution in [2.75, 3.05) is 6.61 Å². The van der Waals surface area contributed by atoms with Gasteiger partial charge in [0.1, 0.15) is 0 Å². The van der Waals surface area contributed by atoms with Gasteiger partial charge in [-0.15, -0.1) is 11.3 Å². The number of esters is 1. The smallest absolute Gasteiger partial charge is 0.340 e. The highest BCUT2D eigenvalue weighted by Gasteiger charge is 2.37. The van der Waals surface area contributed by atoms with Crippen LogP contribution >= 0.6 is 11.3 Å². The van der Waals surface area contributed by atoms with E-state index in [-0.39, 0.29) is 11.4 Å². The van der Waals surface area contributed by atoms with E-state index in [1.807, 2.05) is 27.7 Å². The first-order chi connectivity index (χ1) is 12.0. The van der Waals surface area contributed by atoms with E-state index >= 15 is 0 Å². The van der Waals surface area contributed by atoms with Gasteiger partial charge in [-0.1, -0.05) is 19.9 Å². The van der Waals surface area contributed by atoms with Crippen molar-refractivity contribution in [3.05, 3.63) is 27.0 Å². The maximum atomic E-state index is 12.8. The number of allylic oxidation sites excluding steroid dienone is 2. The quantitative estimate of drug-likeness (QED) is 0.558. The normalized spacial score (nSPS) is 18.4. The molecule has 0 bridgehead atoms. The Morgan fingerprint density at radius 2 is 1.92 bits per heavy atom. The lowest BCUT2D eigenvalue weighted by molar-refractivity contribution is -0.166. The number of thiophene rings is 1. The minimum atomic E-state index is -0.687. The van der Waals surface area contributed by atoms with Gasteiger partial charge in [-0.2, -0.15) is 0 Å². The Kier molecular flexibility index (Phi) is 6.40. The van der Waals surface area contributed by atoms with Crippen LogP contribution in [0.5, 0.6) is 0 Å². The van der Waals surface area contributed by atoms with Crippen LogP contribution in [-0.4, -0.2) is 18.2 Å². The number of aryl methyl sites for hydroxylation is 2. The van der Waals surface area contributed by atoms with Gasteiger partial charge in [-0.3, -0.25) is 0 Å². The number of carbonyl (C=O) groups is 1. The van der Waals surface area contributed by atoms with E-state index in [9.17, 15) is 4.79 Å². The van der Waals surface area contributed by atoms with E-state index in [2.05, 4.69) is 33.8 Å². The van der Waals surface area contributed by atoms with Gasteiger partial charge in [-0.25, -0.2) is 4.79 Å². The minimum Gasteiger partial charge on any atom is -0.464 e. The van der Waals surface area contributed by atoms with Gasteiger partial charge in [0.25, 0.3) is 0 Å². The van der Waals surface area contributed by atoms with Crippen molar-refractivity contribution in [3.8, 4) is 0 Å². The predicted molar refractivity (Wildman–Crippen MR) is 110 cm³/mol. The third-order valence-corrected chi connectivity index (χ3v) is 5.93. The highest BCUT2D eigenvalue weighted by atomic mass is 32.1. The maximum Gasteiger partial charge on any atom is 0.340 e. The molecule has 0 spiro atoms. The molecule has 0 radical (unpaired) electrons. The SMILES string of the molecule is CCOC(=O)C(OC(C)(C)C)c1c(C)sc(C)c1C1=CCCCC1(C)C. The van der Waals surface area contributed by atoms with Crippen molar-refractivity contribution >= 4 is 22.9 Å². The third-order valence-electron chi connectivity index (χ3n) is 4.89. The zero-order valence-electron chi connectivity index (χ0n) is 17.6. The second-order valence-electron chi connectivity index (χ2n) is 8.76. The first-order valence-electron chi connectivity index (χ1n) is 9.63. The van der Waals surface area contributed by atoms with Crippen LogP contribution in [0.1, 0.15) is 87.8 Å². The van der Waals surface area contributed by atoms with Crippen molar-refractivity contribution in [1.82, 2.24) is 0 Å². The van der Waals surface area contributed by atoms with Crippen molar-refractivity contribution < 1.29 is 14.3 Å². The summed E-state index contributed by atoms with van der Waals surface area (Å²) >= 11 is 1.75. The standard InChI is InChI=1S/C22H34O3S/c1-9-24-20(23)19(25-21(4,5)6)18-15(3)26-14(2)17(18)16-12-10-11-13-22(16,7)8/h12,19H,9-11,13H2,1-8H3. The fourth-order valence-corrected chi connectivity index (χ4v) is 4.89. The molecule has 1 unspecified atom stereocenters. The molecule has 4 heteroatoms. The molecule has 0 N–H and O–H groups in total.